The van der Waals surface area contributed by atoms with E-state index >= 15 is 0 Å². The van der Waals surface area contributed by atoms with Crippen LogP contribution in [0.4, 0.5) is 0 Å². The predicted octanol–water partition coefficient (Wildman–Crippen LogP) is 4.22. The second-order valence-corrected chi connectivity index (χ2v) is 7.51. The van der Waals surface area contributed by atoms with Crippen LogP contribution in [0.5, 0.6) is 5.75 Å². The molecule has 1 aromatic carbocycles. The van der Waals surface area contributed by atoms with Gasteiger partial charge in [0.25, 0.3) is 0 Å². The number of methoxy groups -OCH3 is 1. The molecule has 1 heterocycles. The van der Waals surface area contributed by atoms with Gasteiger partial charge in [0.15, 0.2) is 0 Å². The quantitative estimate of drug-likeness (QED) is 0.583. The van der Waals surface area contributed by atoms with Crippen LogP contribution >= 0.6 is 0 Å². The Morgan fingerprint density at radius 3 is 2.59 bits per heavy atom. The van der Waals surface area contributed by atoms with Crippen molar-refractivity contribution in [1.82, 2.24) is 4.90 Å². The average Bonchev–Trinajstić information content (AvgIpc) is 2.96. The van der Waals surface area contributed by atoms with E-state index in [1.165, 1.54) is 25.7 Å². The maximum Gasteiger partial charge on any atom is 0.339 e. The molecule has 1 fully saturated rings. The summed E-state index contributed by atoms with van der Waals surface area (Å²) in [7, 11) is 3.48. The van der Waals surface area contributed by atoms with Crippen LogP contribution in [0, 0.1) is 6.92 Å². The van der Waals surface area contributed by atoms with Gasteiger partial charge in [-0.1, -0.05) is 25.7 Å². The molecule has 5 heteroatoms. The van der Waals surface area contributed by atoms with Crippen LogP contribution in [-0.2, 0) is 11.2 Å². The zero-order valence-corrected chi connectivity index (χ0v) is 16.5. The normalized spacial score (nSPS) is 15.5. The second-order valence-electron chi connectivity index (χ2n) is 7.51. The smallest absolute Gasteiger partial charge is 0.339 e. The molecule has 0 saturated heterocycles. The van der Waals surface area contributed by atoms with Crippen LogP contribution in [0.25, 0.3) is 11.0 Å². The summed E-state index contributed by atoms with van der Waals surface area (Å²) >= 11 is 0. The van der Waals surface area contributed by atoms with E-state index in [-0.39, 0.29) is 11.5 Å². The summed E-state index contributed by atoms with van der Waals surface area (Å²) in [5.41, 5.74) is 1.63. The van der Waals surface area contributed by atoms with Gasteiger partial charge in [0.1, 0.15) is 11.3 Å². The third-order valence-electron chi connectivity index (χ3n) is 5.85. The Kier molecular flexibility index (Phi) is 6.19. The first kappa shape index (κ1) is 19.5. The highest BCUT2D eigenvalue weighted by atomic mass is 16.5. The molecule has 146 valence electrons. The molecule has 0 atom stereocenters. The fraction of sp³-hybridized carbons (Fsp3) is 0.545. The van der Waals surface area contributed by atoms with Crippen molar-refractivity contribution in [2.45, 2.75) is 64.3 Å². The van der Waals surface area contributed by atoms with Crippen LogP contribution in [0.3, 0.4) is 0 Å². The summed E-state index contributed by atoms with van der Waals surface area (Å²) in [6.07, 6.45) is 7.83. The summed E-state index contributed by atoms with van der Waals surface area (Å²) in [5.74, 6) is 0.758. The van der Waals surface area contributed by atoms with Gasteiger partial charge >= 0.3 is 5.63 Å². The van der Waals surface area contributed by atoms with Crippen molar-refractivity contribution >= 4 is 16.9 Å². The van der Waals surface area contributed by atoms with Gasteiger partial charge in [0, 0.05) is 36.5 Å². The lowest BCUT2D eigenvalue weighted by molar-refractivity contribution is -0.132. The van der Waals surface area contributed by atoms with Crippen LogP contribution in [-0.4, -0.2) is 31.0 Å². The maximum absolute atomic E-state index is 12.7. The summed E-state index contributed by atoms with van der Waals surface area (Å²) in [5, 5.41) is 0.884. The Morgan fingerprint density at radius 2 is 1.93 bits per heavy atom. The highest BCUT2D eigenvalue weighted by Gasteiger charge is 2.22. The first-order valence-corrected chi connectivity index (χ1v) is 9.87. The van der Waals surface area contributed by atoms with Gasteiger partial charge < -0.3 is 14.1 Å². The van der Waals surface area contributed by atoms with Crippen molar-refractivity contribution in [3.63, 3.8) is 0 Å². The monoisotopic (exact) mass is 371 g/mol. The molecule has 0 unspecified atom stereocenters. The maximum atomic E-state index is 12.7. The largest absolute Gasteiger partial charge is 0.497 e. The minimum absolute atomic E-state index is 0.107. The van der Waals surface area contributed by atoms with Crippen molar-refractivity contribution in [2.24, 2.45) is 0 Å². The molecular weight excluding hydrogens is 342 g/mol. The molecule has 27 heavy (non-hydrogen) atoms. The van der Waals surface area contributed by atoms with Crippen molar-refractivity contribution < 1.29 is 13.9 Å². The molecule has 1 aliphatic rings. The van der Waals surface area contributed by atoms with Crippen LogP contribution in [0.15, 0.2) is 27.4 Å². The number of nitrogens with zero attached hydrogens (tertiary/aromatic N) is 1. The lowest BCUT2D eigenvalue weighted by Crippen LogP contribution is -2.37. The number of carbonyl (C=O) groups is 1. The number of hydrogen-bond acceptors (Lipinski definition) is 4. The molecule has 0 spiro atoms. The Balaban J connectivity index is 1.74. The number of amides is 1. The molecule has 1 saturated carbocycles. The van der Waals surface area contributed by atoms with E-state index in [9.17, 15) is 9.59 Å². The van der Waals surface area contributed by atoms with E-state index in [1.54, 1.807) is 13.2 Å². The third-order valence-corrected chi connectivity index (χ3v) is 5.85. The SMILES string of the molecule is COc1ccc2c(C)c(CCC(=O)N(C)C3CCCCCC3)c(=O)oc2c1. The minimum atomic E-state index is -0.363. The van der Waals surface area contributed by atoms with Crippen molar-refractivity contribution in [3.8, 4) is 5.75 Å². The van der Waals surface area contributed by atoms with E-state index in [0.717, 1.165) is 23.8 Å². The van der Waals surface area contributed by atoms with E-state index < -0.39 is 0 Å². The molecule has 1 aliphatic carbocycles. The number of fused-ring (bicyclic) bond motifs is 1. The van der Waals surface area contributed by atoms with Crippen molar-refractivity contribution in [3.05, 3.63) is 39.7 Å². The molecule has 0 N–H and O–H groups in total. The van der Waals surface area contributed by atoms with E-state index in [2.05, 4.69) is 0 Å². The molecule has 2 aromatic rings. The highest BCUT2D eigenvalue weighted by Crippen LogP contribution is 2.25. The van der Waals surface area contributed by atoms with Crippen LogP contribution in [0.1, 0.15) is 56.1 Å². The second kappa shape index (κ2) is 8.59. The lowest BCUT2D eigenvalue weighted by Gasteiger charge is -2.27. The molecule has 1 aromatic heterocycles. The summed E-state index contributed by atoms with van der Waals surface area (Å²) in [6, 6.07) is 5.81. The van der Waals surface area contributed by atoms with Crippen LogP contribution < -0.4 is 10.4 Å². The van der Waals surface area contributed by atoms with Gasteiger partial charge in [-0.05, 0) is 43.9 Å². The topological polar surface area (TPSA) is 59.8 Å². The number of hydrogen-bond donors (Lipinski definition) is 0. The Bertz CT molecular complexity index is 862. The van der Waals surface area contributed by atoms with E-state index in [4.69, 9.17) is 9.15 Å². The van der Waals surface area contributed by atoms with Crippen LogP contribution in [0.2, 0.25) is 0 Å². The first-order valence-electron chi connectivity index (χ1n) is 9.87. The number of ether oxygens (including phenoxy) is 1. The van der Waals surface area contributed by atoms with Gasteiger partial charge in [0.05, 0.1) is 7.11 Å². The summed E-state index contributed by atoms with van der Waals surface area (Å²) in [4.78, 5) is 27.0. The third kappa shape index (κ3) is 4.34. The fourth-order valence-electron chi connectivity index (χ4n) is 4.05. The van der Waals surface area contributed by atoms with E-state index in [1.807, 2.05) is 31.0 Å². The van der Waals surface area contributed by atoms with E-state index in [0.29, 0.717) is 35.8 Å². The molecular formula is C22H29NO4. The molecule has 5 nitrogen and oxygen atoms in total. The number of benzene rings is 1. The first-order chi connectivity index (χ1) is 13.0. The molecule has 1 amide bonds. The summed E-state index contributed by atoms with van der Waals surface area (Å²) < 4.78 is 10.7. The Labute approximate surface area is 160 Å². The van der Waals surface area contributed by atoms with Crippen molar-refractivity contribution in [1.29, 1.82) is 0 Å². The molecule has 3 rings (SSSR count). The number of aryl methyl sites for hydroxylation is 1. The Hall–Kier alpha value is -2.30. The van der Waals surface area contributed by atoms with Crippen molar-refractivity contribution in [2.75, 3.05) is 14.2 Å². The summed E-state index contributed by atoms with van der Waals surface area (Å²) in [6.45, 7) is 1.92. The Morgan fingerprint density at radius 1 is 1.22 bits per heavy atom. The minimum Gasteiger partial charge on any atom is -0.497 e. The predicted molar refractivity (Wildman–Crippen MR) is 106 cm³/mol. The van der Waals surface area contributed by atoms with Gasteiger partial charge in [-0.3, -0.25) is 4.79 Å². The zero-order valence-electron chi connectivity index (χ0n) is 16.5. The number of carbonyl (C=O) groups excluding carboxylic acids is 1. The molecule has 0 bridgehead atoms. The lowest BCUT2D eigenvalue weighted by atomic mass is 10.0. The molecule has 0 aliphatic heterocycles. The standard InChI is InChI=1S/C22H29NO4/c1-15-18-11-10-17(26-3)14-20(18)27-22(25)19(15)12-13-21(24)23(2)16-8-6-4-5-7-9-16/h10-11,14,16H,4-9,12-13H2,1-3H3. The van der Waals surface area contributed by atoms with Gasteiger partial charge in [-0.2, -0.15) is 0 Å². The highest BCUT2D eigenvalue weighted by molar-refractivity contribution is 5.82. The van der Waals surface area contributed by atoms with Gasteiger partial charge in [0.2, 0.25) is 5.91 Å². The van der Waals surface area contributed by atoms with Gasteiger partial charge in [-0.25, -0.2) is 4.79 Å². The fourth-order valence-corrected chi connectivity index (χ4v) is 4.05. The molecule has 0 radical (unpaired) electrons. The zero-order chi connectivity index (χ0) is 19.4. The average molecular weight is 371 g/mol. The number of rotatable bonds is 5. The van der Waals surface area contributed by atoms with Gasteiger partial charge in [-0.15, -0.1) is 0 Å².